The van der Waals surface area contributed by atoms with Gasteiger partial charge in [-0.05, 0) is 36.4 Å². The van der Waals surface area contributed by atoms with Crippen LogP contribution in [0.25, 0.3) is 27.8 Å². The van der Waals surface area contributed by atoms with Crippen LogP contribution in [0.5, 0.6) is 5.75 Å². The number of carbonyl (C=O) groups is 1. The van der Waals surface area contributed by atoms with Crippen molar-refractivity contribution < 1.29 is 13.9 Å². The molecule has 0 saturated carbocycles. The molecule has 5 aromatic rings. The van der Waals surface area contributed by atoms with Crippen LogP contribution >= 0.6 is 11.6 Å². The van der Waals surface area contributed by atoms with Gasteiger partial charge in [-0.3, -0.25) is 4.79 Å². The van der Waals surface area contributed by atoms with E-state index in [2.05, 4.69) is 5.10 Å². The predicted molar refractivity (Wildman–Crippen MR) is 121 cm³/mol. The number of rotatable bonds is 4. The Morgan fingerprint density at radius 3 is 2.59 bits per heavy atom. The number of hydrogen-bond donors (Lipinski definition) is 0. The molecule has 0 saturated heterocycles. The van der Waals surface area contributed by atoms with E-state index in [1.165, 1.54) is 12.3 Å². The second kappa shape index (κ2) is 8.17. The van der Waals surface area contributed by atoms with Gasteiger partial charge in [0.2, 0.25) is 5.43 Å². The first-order chi connectivity index (χ1) is 15.6. The first-order valence-corrected chi connectivity index (χ1v) is 10.1. The van der Waals surface area contributed by atoms with Crippen LogP contribution in [-0.2, 0) is 0 Å². The predicted octanol–water partition coefficient (Wildman–Crippen LogP) is 5.52. The van der Waals surface area contributed by atoms with Crippen molar-refractivity contribution in [3.05, 3.63) is 112 Å². The van der Waals surface area contributed by atoms with Gasteiger partial charge >= 0.3 is 5.97 Å². The smallest absolute Gasteiger partial charge is 0.345 e. The normalized spacial score (nSPS) is 10.9. The second-order valence-corrected chi connectivity index (χ2v) is 7.42. The molecule has 7 heteroatoms. The van der Waals surface area contributed by atoms with E-state index >= 15 is 0 Å². The summed E-state index contributed by atoms with van der Waals surface area (Å²) in [6.45, 7) is 0. The summed E-state index contributed by atoms with van der Waals surface area (Å²) in [5.74, 6) is -0.350. The number of hydrogen-bond acceptors (Lipinski definition) is 5. The molecule has 0 amide bonds. The summed E-state index contributed by atoms with van der Waals surface area (Å²) >= 11 is 6.05. The van der Waals surface area contributed by atoms with Gasteiger partial charge in [-0.2, -0.15) is 5.10 Å². The van der Waals surface area contributed by atoms with Crippen LogP contribution in [0.1, 0.15) is 10.4 Å². The van der Waals surface area contributed by atoms with Crippen molar-refractivity contribution in [3.8, 4) is 22.6 Å². The van der Waals surface area contributed by atoms with Crippen LogP contribution in [0.2, 0.25) is 5.02 Å². The first kappa shape index (κ1) is 19.8. The van der Waals surface area contributed by atoms with E-state index in [-0.39, 0.29) is 16.7 Å². The van der Waals surface area contributed by atoms with Crippen molar-refractivity contribution in [1.82, 2.24) is 9.78 Å². The Balaban J connectivity index is 1.45. The van der Waals surface area contributed by atoms with Crippen LogP contribution < -0.4 is 10.2 Å². The number of halogens is 1. The quantitative estimate of drug-likeness (QED) is 0.270. The van der Waals surface area contributed by atoms with Crippen LogP contribution in [0.4, 0.5) is 0 Å². The van der Waals surface area contributed by atoms with E-state index in [9.17, 15) is 9.59 Å². The summed E-state index contributed by atoms with van der Waals surface area (Å²) in [6, 6.07) is 20.8. The largest absolute Gasteiger partial charge is 0.463 e. The van der Waals surface area contributed by atoms with Crippen LogP contribution in [0.3, 0.4) is 0 Å². The number of benzene rings is 3. The lowest BCUT2D eigenvalue weighted by atomic mass is 10.1. The Morgan fingerprint density at radius 2 is 1.78 bits per heavy atom. The number of para-hydroxylation sites is 1. The Labute approximate surface area is 187 Å². The Kier molecular flexibility index (Phi) is 5.05. The highest BCUT2D eigenvalue weighted by Gasteiger charge is 2.15. The second-order valence-electron chi connectivity index (χ2n) is 7.01. The number of esters is 1. The van der Waals surface area contributed by atoms with Gasteiger partial charge in [0, 0.05) is 17.8 Å². The third kappa shape index (κ3) is 3.68. The van der Waals surface area contributed by atoms with Crippen LogP contribution in [0, 0.1) is 0 Å². The topological polar surface area (TPSA) is 74.3 Å². The molecule has 0 atom stereocenters. The molecule has 0 fully saturated rings. The first-order valence-electron chi connectivity index (χ1n) is 9.73. The van der Waals surface area contributed by atoms with Gasteiger partial charge in [-0.1, -0.05) is 41.9 Å². The summed E-state index contributed by atoms with van der Waals surface area (Å²) in [4.78, 5) is 25.4. The van der Waals surface area contributed by atoms with Gasteiger partial charge in [-0.15, -0.1) is 0 Å². The van der Waals surface area contributed by atoms with Gasteiger partial charge in [0.25, 0.3) is 0 Å². The van der Waals surface area contributed by atoms with E-state index in [0.29, 0.717) is 27.1 Å². The summed E-state index contributed by atoms with van der Waals surface area (Å²) < 4.78 is 12.8. The number of nitrogens with zero attached hydrogens (tertiary/aromatic N) is 2. The van der Waals surface area contributed by atoms with Gasteiger partial charge in [-0.25, -0.2) is 9.48 Å². The maximum Gasteiger partial charge on any atom is 0.345 e. The third-order valence-corrected chi connectivity index (χ3v) is 5.29. The van der Waals surface area contributed by atoms with Gasteiger partial charge in [0.05, 0.1) is 33.4 Å². The lowest BCUT2D eigenvalue weighted by molar-refractivity contribution is 0.0735. The van der Waals surface area contributed by atoms with Crippen LogP contribution in [0.15, 0.2) is 101 Å². The molecule has 5 rings (SSSR count). The Morgan fingerprint density at radius 1 is 1.00 bits per heavy atom. The zero-order valence-electron chi connectivity index (χ0n) is 16.6. The van der Waals surface area contributed by atoms with Crippen molar-refractivity contribution in [2.45, 2.75) is 0 Å². The molecule has 0 radical (unpaired) electrons. The zero-order chi connectivity index (χ0) is 22.1. The van der Waals surface area contributed by atoms with Crippen molar-refractivity contribution in [2.75, 3.05) is 0 Å². The van der Waals surface area contributed by atoms with Gasteiger partial charge in [0.1, 0.15) is 17.6 Å². The van der Waals surface area contributed by atoms with E-state index in [4.69, 9.17) is 20.8 Å². The van der Waals surface area contributed by atoms with E-state index in [1.54, 1.807) is 53.5 Å². The molecule has 0 spiro atoms. The number of aromatic nitrogens is 2. The van der Waals surface area contributed by atoms with Gasteiger partial charge < -0.3 is 9.15 Å². The van der Waals surface area contributed by atoms with E-state index < -0.39 is 5.97 Å². The lowest BCUT2D eigenvalue weighted by Crippen LogP contribution is -2.09. The Hall–Kier alpha value is -4.16. The number of fused-ring (bicyclic) bond motifs is 1. The van der Waals surface area contributed by atoms with Crippen molar-refractivity contribution >= 4 is 28.5 Å². The summed E-state index contributed by atoms with van der Waals surface area (Å²) in [5, 5.41) is 5.00. The summed E-state index contributed by atoms with van der Waals surface area (Å²) in [5.41, 5.74) is 2.26. The molecule has 0 aliphatic carbocycles. The molecular formula is C25H15ClN2O4. The fraction of sp³-hybridized carbons (Fsp3) is 0. The minimum atomic E-state index is -0.595. The molecule has 0 bridgehead atoms. The molecule has 156 valence electrons. The van der Waals surface area contributed by atoms with Crippen molar-refractivity contribution in [1.29, 1.82) is 0 Å². The summed E-state index contributed by atoms with van der Waals surface area (Å²) in [6.07, 6.45) is 4.77. The number of ether oxygens (including phenoxy) is 1. The molecule has 2 aromatic heterocycles. The minimum absolute atomic E-state index is 0.206. The maximum atomic E-state index is 13.1. The molecule has 0 unspecified atom stereocenters. The van der Waals surface area contributed by atoms with Crippen molar-refractivity contribution in [2.24, 2.45) is 0 Å². The molecule has 32 heavy (non-hydrogen) atoms. The third-order valence-electron chi connectivity index (χ3n) is 4.96. The highest BCUT2D eigenvalue weighted by atomic mass is 35.5. The molecule has 0 aliphatic rings. The van der Waals surface area contributed by atoms with Crippen LogP contribution in [-0.4, -0.2) is 15.7 Å². The maximum absolute atomic E-state index is 13.1. The average molecular weight is 443 g/mol. The molecular weight excluding hydrogens is 428 g/mol. The fourth-order valence-electron chi connectivity index (χ4n) is 3.34. The minimum Gasteiger partial charge on any atom is -0.463 e. The fourth-order valence-corrected chi connectivity index (χ4v) is 3.56. The molecule has 2 heterocycles. The standard InChI is InChI=1S/C25H15ClN2O4/c26-22-9-5-4-8-19(22)25(30)32-18-10-11-20-23(12-18)31-15-21(24(20)29)16-13-27-28(14-16)17-6-2-1-3-7-17/h1-15H. The van der Waals surface area contributed by atoms with Gasteiger partial charge in [0.15, 0.2) is 0 Å². The van der Waals surface area contributed by atoms with E-state index in [1.807, 2.05) is 30.3 Å². The molecule has 0 aliphatic heterocycles. The summed E-state index contributed by atoms with van der Waals surface area (Å²) in [7, 11) is 0. The number of carbonyl (C=O) groups excluding carboxylic acids is 1. The van der Waals surface area contributed by atoms with E-state index in [0.717, 1.165) is 5.69 Å². The molecule has 6 nitrogen and oxygen atoms in total. The SMILES string of the molecule is O=C(Oc1ccc2c(=O)c(-c3cnn(-c4ccccc4)c3)coc2c1)c1ccccc1Cl. The zero-order valence-corrected chi connectivity index (χ0v) is 17.3. The lowest BCUT2D eigenvalue weighted by Gasteiger charge is -2.07. The average Bonchev–Trinajstić information content (AvgIpc) is 3.30. The molecule has 0 N–H and O–H groups in total. The highest BCUT2D eigenvalue weighted by molar-refractivity contribution is 6.33. The molecule has 3 aromatic carbocycles. The Bertz CT molecular complexity index is 1510. The highest BCUT2D eigenvalue weighted by Crippen LogP contribution is 2.25. The monoisotopic (exact) mass is 442 g/mol. The van der Waals surface area contributed by atoms with Crippen molar-refractivity contribution in [3.63, 3.8) is 0 Å².